The molecule has 1 aliphatic carbocycles. The van der Waals surface area contributed by atoms with Crippen molar-refractivity contribution in [3.8, 4) is 0 Å². The number of rotatable bonds is 6. The van der Waals surface area contributed by atoms with E-state index in [1.165, 1.54) is 24.4 Å². The lowest BCUT2D eigenvalue weighted by Gasteiger charge is -2.11. The SMILES string of the molecule is CCCNC(=O)NCCn1c(C)cnc1C1CC1. The maximum Gasteiger partial charge on any atom is 0.314 e. The van der Waals surface area contributed by atoms with Crippen LogP contribution in [0.5, 0.6) is 0 Å². The van der Waals surface area contributed by atoms with Crippen LogP contribution < -0.4 is 10.6 Å². The minimum Gasteiger partial charge on any atom is -0.338 e. The van der Waals surface area contributed by atoms with E-state index < -0.39 is 0 Å². The molecule has 0 aromatic carbocycles. The lowest BCUT2D eigenvalue weighted by Crippen LogP contribution is -2.37. The molecule has 18 heavy (non-hydrogen) atoms. The van der Waals surface area contributed by atoms with Crippen LogP contribution >= 0.6 is 0 Å². The van der Waals surface area contributed by atoms with Crippen molar-refractivity contribution in [1.82, 2.24) is 20.2 Å². The van der Waals surface area contributed by atoms with Gasteiger partial charge in [-0.15, -0.1) is 0 Å². The van der Waals surface area contributed by atoms with Crippen LogP contribution in [-0.4, -0.2) is 28.7 Å². The number of imidazole rings is 1. The average molecular weight is 250 g/mol. The van der Waals surface area contributed by atoms with Crippen LogP contribution in [0.1, 0.15) is 43.6 Å². The maximum absolute atomic E-state index is 11.4. The predicted octanol–water partition coefficient (Wildman–Crippen LogP) is 1.78. The Kier molecular flexibility index (Phi) is 4.23. The first-order valence-corrected chi connectivity index (χ1v) is 6.76. The third kappa shape index (κ3) is 3.24. The number of urea groups is 1. The van der Waals surface area contributed by atoms with Gasteiger partial charge in [0.15, 0.2) is 0 Å². The van der Waals surface area contributed by atoms with Gasteiger partial charge in [0.05, 0.1) is 0 Å². The van der Waals surface area contributed by atoms with Crippen molar-refractivity contribution < 1.29 is 4.79 Å². The smallest absolute Gasteiger partial charge is 0.314 e. The average Bonchev–Trinajstić information content (AvgIpc) is 3.13. The van der Waals surface area contributed by atoms with Gasteiger partial charge in [0.25, 0.3) is 0 Å². The van der Waals surface area contributed by atoms with Crippen molar-refractivity contribution in [2.45, 2.75) is 45.6 Å². The van der Waals surface area contributed by atoms with Crippen LogP contribution in [0.2, 0.25) is 0 Å². The van der Waals surface area contributed by atoms with Gasteiger partial charge in [0.1, 0.15) is 5.82 Å². The zero-order valence-electron chi connectivity index (χ0n) is 11.2. The van der Waals surface area contributed by atoms with Crippen LogP contribution in [0.25, 0.3) is 0 Å². The van der Waals surface area contributed by atoms with E-state index in [1.807, 2.05) is 13.1 Å². The molecule has 0 atom stereocenters. The van der Waals surface area contributed by atoms with E-state index in [9.17, 15) is 4.79 Å². The Labute approximate surface area is 108 Å². The molecule has 1 saturated carbocycles. The minimum absolute atomic E-state index is 0.0809. The van der Waals surface area contributed by atoms with E-state index in [1.54, 1.807) is 0 Å². The quantitative estimate of drug-likeness (QED) is 0.808. The molecular formula is C13H22N4O. The summed E-state index contributed by atoms with van der Waals surface area (Å²) in [5.41, 5.74) is 1.17. The molecule has 5 nitrogen and oxygen atoms in total. The first-order chi connectivity index (χ1) is 8.72. The summed E-state index contributed by atoms with van der Waals surface area (Å²) in [6.45, 7) is 6.28. The highest BCUT2D eigenvalue weighted by atomic mass is 16.2. The number of amides is 2. The van der Waals surface area contributed by atoms with E-state index >= 15 is 0 Å². The van der Waals surface area contributed by atoms with Crippen molar-refractivity contribution in [3.63, 3.8) is 0 Å². The first kappa shape index (κ1) is 12.9. The molecule has 1 aromatic rings. The number of aryl methyl sites for hydroxylation is 1. The van der Waals surface area contributed by atoms with Crippen LogP contribution in [0, 0.1) is 6.92 Å². The standard InChI is InChI=1S/C13H22N4O/c1-3-6-14-13(18)15-7-8-17-10(2)9-16-12(17)11-4-5-11/h9,11H,3-8H2,1-2H3,(H2,14,15,18). The van der Waals surface area contributed by atoms with Gasteiger partial charge in [-0.2, -0.15) is 0 Å². The van der Waals surface area contributed by atoms with Gasteiger partial charge in [-0.25, -0.2) is 9.78 Å². The second kappa shape index (κ2) is 5.89. The summed E-state index contributed by atoms with van der Waals surface area (Å²) in [4.78, 5) is 15.9. The first-order valence-electron chi connectivity index (χ1n) is 6.76. The molecule has 0 bridgehead atoms. The van der Waals surface area contributed by atoms with Crippen molar-refractivity contribution in [2.24, 2.45) is 0 Å². The van der Waals surface area contributed by atoms with Gasteiger partial charge in [-0.05, 0) is 26.2 Å². The van der Waals surface area contributed by atoms with E-state index in [-0.39, 0.29) is 6.03 Å². The highest BCUT2D eigenvalue weighted by Crippen LogP contribution is 2.39. The second-order valence-corrected chi connectivity index (χ2v) is 4.87. The number of carbonyl (C=O) groups excluding carboxylic acids is 1. The summed E-state index contributed by atoms with van der Waals surface area (Å²) in [7, 11) is 0. The number of hydrogen-bond donors (Lipinski definition) is 2. The molecule has 1 heterocycles. The molecule has 1 aliphatic rings. The molecule has 0 saturated heterocycles. The number of aromatic nitrogens is 2. The maximum atomic E-state index is 11.4. The summed E-state index contributed by atoms with van der Waals surface area (Å²) >= 11 is 0. The Bertz CT molecular complexity index is 409. The van der Waals surface area contributed by atoms with Crippen molar-refractivity contribution in [3.05, 3.63) is 17.7 Å². The van der Waals surface area contributed by atoms with Crippen molar-refractivity contribution in [1.29, 1.82) is 0 Å². The third-order valence-corrected chi connectivity index (χ3v) is 3.18. The normalized spacial score (nSPS) is 14.6. The fourth-order valence-electron chi connectivity index (χ4n) is 2.02. The van der Waals surface area contributed by atoms with Crippen molar-refractivity contribution >= 4 is 6.03 Å². The Hall–Kier alpha value is -1.52. The molecule has 0 aliphatic heterocycles. The highest BCUT2D eigenvalue weighted by Gasteiger charge is 2.28. The van der Waals surface area contributed by atoms with Crippen LogP contribution in [0.15, 0.2) is 6.20 Å². The van der Waals surface area contributed by atoms with Gasteiger partial charge in [-0.1, -0.05) is 6.92 Å². The summed E-state index contributed by atoms with van der Waals surface area (Å²) in [6, 6.07) is -0.0809. The number of carbonyl (C=O) groups is 1. The topological polar surface area (TPSA) is 59.0 Å². The molecule has 0 spiro atoms. The molecule has 0 unspecified atom stereocenters. The van der Waals surface area contributed by atoms with E-state index in [0.717, 1.165) is 19.5 Å². The summed E-state index contributed by atoms with van der Waals surface area (Å²) in [5.74, 6) is 1.83. The molecule has 100 valence electrons. The second-order valence-electron chi connectivity index (χ2n) is 4.87. The van der Waals surface area contributed by atoms with E-state index in [2.05, 4.69) is 27.1 Å². The third-order valence-electron chi connectivity index (χ3n) is 3.18. The molecule has 5 heteroatoms. The zero-order chi connectivity index (χ0) is 13.0. The number of nitrogens with one attached hydrogen (secondary N) is 2. The summed E-state index contributed by atoms with van der Waals surface area (Å²) < 4.78 is 2.22. The molecule has 2 amide bonds. The number of nitrogens with zero attached hydrogens (tertiary/aromatic N) is 2. The molecule has 2 N–H and O–H groups in total. The Morgan fingerprint density at radius 1 is 1.44 bits per heavy atom. The Morgan fingerprint density at radius 2 is 2.17 bits per heavy atom. The molecule has 1 aromatic heterocycles. The van der Waals surface area contributed by atoms with Crippen LogP contribution in [0.4, 0.5) is 4.79 Å². The van der Waals surface area contributed by atoms with Gasteiger partial charge >= 0.3 is 6.03 Å². The van der Waals surface area contributed by atoms with Gasteiger partial charge in [0, 0.05) is 37.4 Å². The summed E-state index contributed by atoms with van der Waals surface area (Å²) in [5, 5.41) is 5.67. The van der Waals surface area contributed by atoms with E-state index in [4.69, 9.17) is 0 Å². The molecule has 0 radical (unpaired) electrons. The Morgan fingerprint density at radius 3 is 2.83 bits per heavy atom. The Balaban J connectivity index is 1.79. The largest absolute Gasteiger partial charge is 0.338 e. The fourth-order valence-corrected chi connectivity index (χ4v) is 2.02. The minimum atomic E-state index is -0.0809. The predicted molar refractivity (Wildman–Crippen MR) is 70.6 cm³/mol. The fraction of sp³-hybridized carbons (Fsp3) is 0.692. The van der Waals surface area contributed by atoms with Gasteiger partial charge in [0.2, 0.25) is 0 Å². The molecule has 2 rings (SSSR count). The lowest BCUT2D eigenvalue weighted by molar-refractivity contribution is 0.240. The molecule has 1 fully saturated rings. The summed E-state index contributed by atoms with van der Waals surface area (Å²) in [6.07, 6.45) is 5.38. The van der Waals surface area contributed by atoms with Gasteiger partial charge in [-0.3, -0.25) is 0 Å². The van der Waals surface area contributed by atoms with Crippen LogP contribution in [0.3, 0.4) is 0 Å². The van der Waals surface area contributed by atoms with Gasteiger partial charge < -0.3 is 15.2 Å². The lowest BCUT2D eigenvalue weighted by atomic mass is 10.4. The monoisotopic (exact) mass is 250 g/mol. The highest BCUT2D eigenvalue weighted by molar-refractivity contribution is 5.73. The van der Waals surface area contributed by atoms with E-state index in [0.29, 0.717) is 12.5 Å². The van der Waals surface area contributed by atoms with Crippen molar-refractivity contribution in [2.75, 3.05) is 13.1 Å². The molecular weight excluding hydrogens is 228 g/mol. The number of hydrogen-bond acceptors (Lipinski definition) is 2. The zero-order valence-corrected chi connectivity index (χ0v) is 11.2. The van der Waals surface area contributed by atoms with Crippen LogP contribution in [-0.2, 0) is 6.54 Å².